The zero-order valence-electron chi connectivity index (χ0n) is 9.66. The molecule has 1 fully saturated rings. The van der Waals surface area contributed by atoms with Crippen LogP contribution in [-0.2, 0) is 4.79 Å². The summed E-state index contributed by atoms with van der Waals surface area (Å²) in [4.78, 5) is 16.1. The smallest absolute Gasteiger partial charge is 0.230 e. The predicted molar refractivity (Wildman–Crippen MR) is 63.1 cm³/mol. The minimum Gasteiger partial charge on any atom is -0.316 e. The van der Waals surface area contributed by atoms with Gasteiger partial charge in [-0.15, -0.1) is 0 Å². The Labute approximate surface area is 95.5 Å². The lowest BCUT2D eigenvalue weighted by atomic mass is 9.97. The SMILES string of the molecule is Cc1ccnc(NC(=O)C2CNCC2C)c1. The normalized spacial score (nSPS) is 24.4. The topological polar surface area (TPSA) is 54.0 Å². The van der Waals surface area contributed by atoms with Gasteiger partial charge in [-0.05, 0) is 37.1 Å². The van der Waals surface area contributed by atoms with Gasteiger partial charge in [0.15, 0.2) is 0 Å². The summed E-state index contributed by atoms with van der Waals surface area (Å²) in [5.41, 5.74) is 1.10. The third kappa shape index (κ3) is 2.39. The summed E-state index contributed by atoms with van der Waals surface area (Å²) in [7, 11) is 0. The Balaban J connectivity index is 2.02. The van der Waals surface area contributed by atoms with Crippen LogP contribution in [-0.4, -0.2) is 24.0 Å². The number of nitrogens with one attached hydrogen (secondary N) is 2. The van der Waals surface area contributed by atoms with Gasteiger partial charge >= 0.3 is 0 Å². The Kier molecular flexibility index (Phi) is 3.19. The maximum Gasteiger partial charge on any atom is 0.230 e. The van der Waals surface area contributed by atoms with Crippen LogP contribution in [0.2, 0.25) is 0 Å². The van der Waals surface area contributed by atoms with E-state index < -0.39 is 0 Å². The molecule has 1 aromatic heterocycles. The van der Waals surface area contributed by atoms with Gasteiger partial charge < -0.3 is 10.6 Å². The van der Waals surface area contributed by atoms with E-state index in [9.17, 15) is 4.79 Å². The zero-order valence-corrected chi connectivity index (χ0v) is 9.66. The first kappa shape index (κ1) is 11.1. The molecule has 4 nitrogen and oxygen atoms in total. The quantitative estimate of drug-likeness (QED) is 0.785. The third-order valence-corrected chi connectivity index (χ3v) is 3.02. The zero-order chi connectivity index (χ0) is 11.5. The Morgan fingerprint density at radius 2 is 2.38 bits per heavy atom. The van der Waals surface area contributed by atoms with Crippen LogP contribution in [0.25, 0.3) is 0 Å². The molecule has 0 saturated carbocycles. The molecule has 16 heavy (non-hydrogen) atoms. The molecule has 0 bridgehead atoms. The lowest BCUT2D eigenvalue weighted by molar-refractivity contribution is -0.120. The van der Waals surface area contributed by atoms with Crippen LogP contribution in [0.1, 0.15) is 12.5 Å². The number of aryl methyl sites for hydroxylation is 1. The number of carbonyl (C=O) groups is 1. The van der Waals surface area contributed by atoms with Crippen molar-refractivity contribution < 1.29 is 4.79 Å². The van der Waals surface area contributed by atoms with E-state index in [0.717, 1.165) is 18.7 Å². The first-order chi connectivity index (χ1) is 7.66. The molecule has 2 heterocycles. The molecule has 2 rings (SSSR count). The first-order valence-electron chi connectivity index (χ1n) is 5.61. The van der Waals surface area contributed by atoms with E-state index in [1.807, 2.05) is 19.1 Å². The average molecular weight is 219 g/mol. The molecule has 2 atom stereocenters. The third-order valence-electron chi connectivity index (χ3n) is 3.02. The molecule has 1 amide bonds. The lowest BCUT2D eigenvalue weighted by Crippen LogP contribution is -2.28. The second-order valence-electron chi connectivity index (χ2n) is 4.45. The van der Waals surface area contributed by atoms with Crippen LogP contribution in [0.15, 0.2) is 18.3 Å². The maximum atomic E-state index is 11.9. The highest BCUT2D eigenvalue weighted by molar-refractivity contribution is 5.92. The van der Waals surface area contributed by atoms with Gasteiger partial charge in [0.05, 0.1) is 5.92 Å². The molecular weight excluding hydrogens is 202 g/mol. The van der Waals surface area contributed by atoms with Gasteiger partial charge in [0.1, 0.15) is 5.82 Å². The molecule has 1 aliphatic heterocycles. The number of nitrogens with zero attached hydrogens (tertiary/aromatic N) is 1. The summed E-state index contributed by atoms with van der Waals surface area (Å²) >= 11 is 0. The summed E-state index contributed by atoms with van der Waals surface area (Å²) in [6.45, 7) is 5.75. The molecule has 0 aromatic carbocycles. The second kappa shape index (κ2) is 4.61. The average Bonchev–Trinajstić information content (AvgIpc) is 2.64. The van der Waals surface area contributed by atoms with Crippen molar-refractivity contribution in [1.29, 1.82) is 0 Å². The maximum absolute atomic E-state index is 11.9. The highest BCUT2D eigenvalue weighted by Crippen LogP contribution is 2.17. The van der Waals surface area contributed by atoms with Crippen molar-refractivity contribution in [2.24, 2.45) is 11.8 Å². The molecule has 2 N–H and O–H groups in total. The Hall–Kier alpha value is -1.42. The fraction of sp³-hybridized carbons (Fsp3) is 0.500. The number of amides is 1. The Morgan fingerprint density at radius 1 is 1.56 bits per heavy atom. The van der Waals surface area contributed by atoms with Gasteiger partial charge in [0, 0.05) is 12.7 Å². The largest absolute Gasteiger partial charge is 0.316 e. The second-order valence-corrected chi connectivity index (χ2v) is 4.45. The minimum atomic E-state index is 0.0577. The first-order valence-corrected chi connectivity index (χ1v) is 5.61. The van der Waals surface area contributed by atoms with Crippen molar-refractivity contribution in [2.45, 2.75) is 13.8 Å². The van der Waals surface area contributed by atoms with E-state index in [-0.39, 0.29) is 11.8 Å². The van der Waals surface area contributed by atoms with Crippen molar-refractivity contribution in [1.82, 2.24) is 10.3 Å². The fourth-order valence-electron chi connectivity index (χ4n) is 1.98. The molecule has 0 aliphatic carbocycles. The number of pyridine rings is 1. The van der Waals surface area contributed by atoms with Crippen LogP contribution in [0.4, 0.5) is 5.82 Å². The van der Waals surface area contributed by atoms with Gasteiger partial charge in [-0.3, -0.25) is 4.79 Å². The van der Waals surface area contributed by atoms with E-state index in [1.165, 1.54) is 0 Å². The molecule has 4 heteroatoms. The predicted octanol–water partition coefficient (Wildman–Crippen LogP) is 1.18. The van der Waals surface area contributed by atoms with E-state index in [2.05, 4.69) is 22.5 Å². The van der Waals surface area contributed by atoms with Crippen molar-refractivity contribution in [2.75, 3.05) is 18.4 Å². The van der Waals surface area contributed by atoms with Crippen LogP contribution in [0, 0.1) is 18.8 Å². The highest BCUT2D eigenvalue weighted by atomic mass is 16.2. The molecular formula is C12H17N3O. The highest BCUT2D eigenvalue weighted by Gasteiger charge is 2.29. The fourth-order valence-corrected chi connectivity index (χ4v) is 1.98. The number of rotatable bonds is 2. The molecule has 0 spiro atoms. The Bertz CT molecular complexity index is 392. The molecule has 1 aromatic rings. The lowest BCUT2D eigenvalue weighted by Gasteiger charge is -2.13. The van der Waals surface area contributed by atoms with Crippen LogP contribution in [0.5, 0.6) is 0 Å². The summed E-state index contributed by atoms with van der Waals surface area (Å²) in [6.07, 6.45) is 1.71. The minimum absolute atomic E-state index is 0.0577. The van der Waals surface area contributed by atoms with E-state index in [4.69, 9.17) is 0 Å². The van der Waals surface area contributed by atoms with Crippen LogP contribution in [0.3, 0.4) is 0 Å². The number of carbonyl (C=O) groups excluding carboxylic acids is 1. The number of hydrogen-bond acceptors (Lipinski definition) is 3. The Morgan fingerprint density at radius 3 is 3.00 bits per heavy atom. The summed E-state index contributed by atoms with van der Waals surface area (Å²) in [5.74, 6) is 1.16. The van der Waals surface area contributed by atoms with Crippen molar-refractivity contribution in [3.8, 4) is 0 Å². The molecule has 0 radical (unpaired) electrons. The standard InChI is InChI=1S/C12H17N3O/c1-8-3-4-14-11(5-8)15-12(16)10-7-13-6-9(10)2/h3-5,9-10,13H,6-7H2,1-2H3,(H,14,15,16). The van der Waals surface area contributed by atoms with Gasteiger partial charge in [-0.1, -0.05) is 6.92 Å². The van der Waals surface area contributed by atoms with E-state index in [1.54, 1.807) is 6.20 Å². The van der Waals surface area contributed by atoms with Gasteiger partial charge in [-0.25, -0.2) is 4.98 Å². The molecule has 1 saturated heterocycles. The van der Waals surface area contributed by atoms with Gasteiger partial charge in [-0.2, -0.15) is 0 Å². The summed E-state index contributed by atoms with van der Waals surface area (Å²) in [6, 6.07) is 3.79. The monoisotopic (exact) mass is 219 g/mol. The van der Waals surface area contributed by atoms with Gasteiger partial charge in [0.2, 0.25) is 5.91 Å². The van der Waals surface area contributed by atoms with Crippen molar-refractivity contribution in [3.05, 3.63) is 23.9 Å². The summed E-state index contributed by atoms with van der Waals surface area (Å²) in [5, 5.41) is 6.08. The number of aromatic nitrogens is 1. The van der Waals surface area contributed by atoms with Crippen molar-refractivity contribution >= 4 is 11.7 Å². The van der Waals surface area contributed by atoms with E-state index in [0.29, 0.717) is 11.7 Å². The number of anilines is 1. The van der Waals surface area contributed by atoms with Crippen molar-refractivity contribution in [3.63, 3.8) is 0 Å². The van der Waals surface area contributed by atoms with Crippen LogP contribution >= 0.6 is 0 Å². The number of hydrogen-bond donors (Lipinski definition) is 2. The molecule has 86 valence electrons. The van der Waals surface area contributed by atoms with Gasteiger partial charge in [0.25, 0.3) is 0 Å². The van der Waals surface area contributed by atoms with E-state index >= 15 is 0 Å². The van der Waals surface area contributed by atoms with Crippen LogP contribution < -0.4 is 10.6 Å². The summed E-state index contributed by atoms with van der Waals surface area (Å²) < 4.78 is 0. The molecule has 1 aliphatic rings. The molecule has 2 unspecified atom stereocenters.